The summed E-state index contributed by atoms with van der Waals surface area (Å²) in [6.45, 7) is 2.14. The topological polar surface area (TPSA) is 20.2 Å². The van der Waals surface area contributed by atoms with Crippen molar-refractivity contribution in [3.63, 3.8) is 0 Å². The van der Waals surface area contributed by atoms with E-state index < -0.39 is 5.60 Å². The second kappa shape index (κ2) is 6.19. The molecule has 1 atom stereocenters. The molecule has 0 radical (unpaired) electrons. The average molecular weight is 244 g/mol. The highest BCUT2D eigenvalue weighted by Gasteiger charge is 2.32. The second-order valence-corrected chi connectivity index (χ2v) is 5.30. The van der Waals surface area contributed by atoms with Crippen molar-refractivity contribution in [2.45, 2.75) is 57.5 Å². The normalized spacial score (nSPS) is 19.8. The number of hydrogen-bond donors (Lipinski definition) is 1. The standard InChI is InChI=1S/C17H24O/c1-2-14-17(18,16-12-8-5-9-13-16)15-10-6-3-4-7-11-15/h5,8-10,12-13,18H,2-4,6-7,11,14H2,1H3. The van der Waals surface area contributed by atoms with E-state index in [1.54, 1.807) is 0 Å². The van der Waals surface area contributed by atoms with Gasteiger partial charge >= 0.3 is 0 Å². The highest BCUT2D eigenvalue weighted by molar-refractivity contribution is 5.33. The van der Waals surface area contributed by atoms with Crippen LogP contribution in [0.4, 0.5) is 0 Å². The van der Waals surface area contributed by atoms with Crippen LogP contribution in [-0.2, 0) is 5.60 Å². The van der Waals surface area contributed by atoms with Crippen molar-refractivity contribution in [1.82, 2.24) is 0 Å². The van der Waals surface area contributed by atoms with E-state index in [1.807, 2.05) is 18.2 Å². The molecule has 18 heavy (non-hydrogen) atoms. The molecule has 0 aliphatic heterocycles. The molecular formula is C17H24O. The van der Waals surface area contributed by atoms with Crippen LogP contribution in [-0.4, -0.2) is 5.11 Å². The molecule has 1 heteroatoms. The first kappa shape index (κ1) is 13.4. The Bertz CT molecular complexity index is 393. The Morgan fingerprint density at radius 2 is 1.89 bits per heavy atom. The van der Waals surface area contributed by atoms with Gasteiger partial charge in [0.2, 0.25) is 0 Å². The zero-order chi connectivity index (χ0) is 12.8. The fourth-order valence-electron chi connectivity index (χ4n) is 2.96. The van der Waals surface area contributed by atoms with Gasteiger partial charge in [0.25, 0.3) is 0 Å². The zero-order valence-corrected chi connectivity index (χ0v) is 11.4. The molecule has 1 N–H and O–H groups in total. The van der Waals surface area contributed by atoms with E-state index >= 15 is 0 Å². The minimum atomic E-state index is -0.736. The molecule has 0 heterocycles. The summed E-state index contributed by atoms with van der Waals surface area (Å²) in [5, 5.41) is 11.2. The maximum atomic E-state index is 11.2. The van der Waals surface area contributed by atoms with Crippen LogP contribution in [0.5, 0.6) is 0 Å². The van der Waals surface area contributed by atoms with Gasteiger partial charge < -0.3 is 5.11 Å². The monoisotopic (exact) mass is 244 g/mol. The third-order valence-corrected chi connectivity index (χ3v) is 3.94. The highest BCUT2D eigenvalue weighted by atomic mass is 16.3. The zero-order valence-electron chi connectivity index (χ0n) is 11.4. The number of aliphatic hydroxyl groups is 1. The fourth-order valence-corrected chi connectivity index (χ4v) is 2.96. The van der Waals surface area contributed by atoms with Crippen molar-refractivity contribution in [2.24, 2.45) is 0 Å². The van der Waals surface area contributed by atoms with E-state index in [0.717, 1.165) is 31.2 Å². The summed E-state index contributed by atoms with van der Waals surface area (Å²) in [6, 6.07) is 10.2. The third-order valence-electron chi connectivity index (χ3n) is 3.94. The van der Waals surface area contributed by atoms with Gasteiger partial charge in [0.15, 0.2) is 0 Å². The van der Waals surface area contributed by atoms with Gasteiger partial charge in [-0.25, -0.2) is 0 Å². The highest BCUT2D eigenvalue weighted by Crippen LogP contribution is 2.38. The van der Waals surface area contributed by atoms with Gasteiger partial charge in [0.05, 0.1) is 0 Å². The summed E-state index contributed by atoms with van der Waals surface area (Å²) in [6.07, 6.45) is 10.0. The predicted molar refractivity (Wildman–Crippen MR) is 76.4 cm³/mol. The molecule has 0 aromatic heterocycles. The number of allylic oxidation sites excluding steroid dienone is 1. The first-order valence-corrected chi connectivity index (χ1v) is 7.25. The third kappa shape index (κ3) is 2.84. The molecule has 1 aromatic rings. The maximum Gasteiger partial charge on any atom is 0.111 e. The molecule has 1 nitrogen and oxygen atoms in total. The van der Waals surface area contributed by atoms with E-state index in [-0.39, 0.29) is 0 Å². The molecule has 0 saturated heterocycles. The number of benzene rings is 1. The van der Waals surface area contributed by atoms with Gasteiger partial charge in [0.1, 0.15) is 5.60 Å². The summed E-state index contributed by atoms with van der Waals surface area (Å²) in [5.74, 6) is 0. The van der Waals surface area contributed by atoms with Crippen LogP contribution in [0.1, 0.15) is 57.4 Å². The van der Waals surface area contributed by atoms with Crippen LogP contribution in [0, 0.1) is 0 Å². The first-order valence-electron chi connectivity index (χ1n) is 7.25. The summed E-state index contributed by atoms with van der Waals surface area (Å²) in [4.78, 5) is 0. The lowest BCUT2D eigenvalue weighted by molar-refractivity contribution is 0.0617. The molecular weight excluding hydrogens is 220 g/mol. The molecule has 0 spiro atoms. The summed E-state index contributed by atoms with van der Waals surface area (Å²) < 4.78 is 0. The molecule has 98 valence electrons. The molecule has 2 rings (SSSR count). The Kier molecular flexibility index (Phi) is 4.60. The summed E-state index contributed by atoms with van der Waals surface area (Å²) in [7, 11) is 0. The lowest BCUT2D eigenvalue weighted by Gasteiger charge is -2.31. The average Bonchev–Trinajstić information content (AvgIpc) is 2.69. The van der Waals surface area contributed by atoms with Gasteiger partial charge in [-0.1, -0.05) is 56.2 Å². The summed E-state index contributed by atoms with van der Waals surface area (Å²) >= 11 is 0. The molecule has 0 bridgehead atoms. The van der Waals surface area contributed by atoms with Crippen LogP contribution in [0.25, 0.3) is 0 Å². The van der Waals surface area contributed by atoms with Crippen LogP contribution in [0.15, 0.2) is 42.0 Å². The minimum absolute atomic E-state index is 0.736. The Hall–Kier alpha value is -1.08. The Balaban J connectivity index is 2.33. The molecule has 0 fully saturated rings. The maximum absolute atomic E-state index is 11.2. The predicted octanol–water partition coefficient (Wildman–Crippen LogP) is 4.56. The van der Waals surface area contributed by atoms with Crippen molar-refractivity contribution in [3.8, 4) is 0 Å². The van der Waals surface area contributed by atoms with Crippen molar-refractivity contribution in [3.05, 3.63) is 47.5 Å². The quantitative estimate of drug-likeness (QED) is 0.769. The van der Waals surface area contributed by atoms with Crippen molar-refractivity contribution in [2.75, 3.05) is 0 Å². The molecule has 1 aliphatic rings. The van der Waals surface area contributed by atoms with Gasteiger partial charge in [-0.05, 0) is 43.2 Å². The van der Waals surface area contributed by atoms with Crippen molar-refractivity contribution >= 4 is 0 Å². The molecule has 0 amide bonds. The SMILES string of the molecule is CCCC(O)(C1=CCCCCC1)c1ccccc1. The molecule has 0 saturated carbocycles. The fraction of sp³-hybridized carbons (Fsp3) is 0.529. The van der Waals surface area contributed by atoms with Gasteiger partial charge in [0, 0.05) is 0 Å². The number of rotatable bonds is 4. The Morgan fingerprint density at radius 1 is 1.11 bits per heavy atom. The molecule has 1 aromatic carbocycles. The minimum Gasteiger partial charge on any atom is -0.381 e. The second-order valence-electron chi connectivity index (χ2n) is 5.30. The van der Waals surface area contributed by atoms with Crippen LogP contribution >= 0.6 is 0 Å². The number of hydrogen-bond acceptors (Lipinski definition) is 1. The largest absolute Gasteiger partial charge is 0.381 e. The van der Waals surface area contributed by atoms with E-state index in [4.69, 9.17) is 0 Å². The smallest absolute Gasteiger partial charge is 0.111 e. The molecule has 1 aliphatic carbocycles. The van der Waals surface area contributed by atoms with Crippen LogP contribution in [0.2, 0.25) is 0 Å². The van der Waals surface area contributed by atoms with E-state index in [9.17, 15) is 5.11 Å². The van der Waals surface area contributed by atoms with Gasteiger partial charge in [-0.15, -0.1) is 0 Å². The Morgan fingerprint density at radius 3 is 2.61 bits per heavy atom. The lowest BCUT2D eigenvalue weighted by atomic mass is 9.80. The van der Waals surface area contributed by atoms with Crippen molar-refractivity contribution in [1.29, 1.82) is 0 Å². The Labute approximate surface area is 111 Å². The van der Waals surface area contributed by atoms with E-state index in [2.05, 4.69) is 25.1 Å². The lowest BCUT2D eigenvalue weighted by Crippen LogP contribution is -2.28. The summed E-state index contributed by atoms with van der Waals surface area (Å²) in [5.41, 5.74) is 1.56. The van der Waals surface area contributed by atoms with Crippen LogP contribution < -0.4 is 0 Å². The van der Waals surface area contributed by atoms with Gasteiger partial charge in [-0.3, -0.25) is 0 Å². The first-order chi connectivity index (χ1) is 8.77. The van der Waals surface area contributed by atoms with E-state index in [1.165, 1.54) is 24.8 Å². The van der Waals surface area contributed by atoms with Crippen LogP contribution in [0.3, 0.4) is 0 Å². The van der Waals surface area contributed by atoms with Gasteiger partial charge in [-0.2, -0.15) is 0 Å². The van der Waals surface area contributed by atoms with E-state index in [0.29, 0.717) is 0 Å². The van der Waals surface area contributed by atoms with Crippen molar-refractivity contribution < 1.29 is 5.11 Å². The molecule has 1 unspecified atom stereocenters.